The van der Waals surface area contributed by atoms with Gasteiger partial charge in [0.2, 0.25) is 0 Å². The fraction of sp³-hybridized carbons (Fsp3) is 0.533. The molecule has 1 aromatic carbocycles. The maximum absolute atomic E-state index is 13.7. The molecule has 0 aliphatic rings. The number of nitrogens with one attached hydrogen (secondary N) is 2. The van der Waals surface area contributed by atoms with Crippen LogP contribution in [-0.4, -0.2) is 53.2 Å². The molecule has 0 aromatic heterocycles. The summed E-state index contributed by atoms with van der Waals surface area (Å²) in [4.78, 5) is 4.00. The van der Waals surface area contributed by atoms with Crippen LogP contribution in [0.4, 0.5) is 8.78 Å². The van der Waals surface area contributed by atoms with Gasteiger partial charge in [0.25, 0.3) is 0 Å². The number of rotatable bonds is 8. The van der Waals surface area contributed by atoms with Crippen LogP contribution in [0, 0.1) is 11.6 Å². The largest absolute Gasteiger partial charge is 0.379 e. The zero-order valence-corrected chi connectivity index (χ0v) is 14.8. The second-order valence-corrected chi connectivity index (χ2v) is 7.53. The van der Waals surface area contributed by atoms with Crippen molar-refractivity contribution in [2.75, 3.05) is 38.8 Å². The topological polar surface area (TPSA) is 79.8 Å². The number of ether oxygens (including phenoxy) is 1. The monoisotopic (exact) mass is 363 g/mol. The Kier molecular flexibility index (Phi) is 8.06. The van der Waals surface area contributed by atoms with E-state index in [-0.39, 0.29) is 12.4 Å². The molecule has 0 heterocycles. The van der Waals surface area contributed by atoms with Crippen molar-refractivity contribution in [1.82, 2.24) is 10.6 Å². The fourth-order valence-corrected chi connectivity index (χ4v) is 2.30. The summed E-state index contributed by atoms with van der Waals surface area (Å²) in [5.41, 5.74) is 0.323. The molecule has 9 heteroatoms. The van der Waals surface area contributed by atoms with E-state index < -0.39 is 27.5 Å². The Bertz CT molecular complexity index is 666. The fourth-order valence-electron chi connectivity index (χ4n) is 1.88. The van der Waals surface area contributed by atoms with Gasteiger partial charge in [-0.15, -0.1) is 0 Å². The molecule has 0 aliphatic heterocycles. The van der Waals surface area contributed by atoms with Crippen LogP contribution >= 0.6 is 0 Å². The highest BCUT2D eigenvalue weighted by atomic mass is 32.2. The van der Waals surface area contributed by atoms with E-state index in [0.29, 0.717) is 24.7 Å². The van der Waals surface area contributed by atoms with Crippen LogP contribution in [0.2, 0.25) is 0 Å². The van der Waals surface area contributed by atoms with Crippen LogP contribution in [0.1, 0.15) is 18.5 Å². The van der Waals surface area contributed by atoms with Crippen molar-refractivity contribution in [3.63, 3.8) is 0 Å². The first-order valence-corrected chi connectivity index (χ1v) is 9.46. The van der Waals surface area contributed by atoms with Crippen LogP contribution in [0.15, 0.2) is 23.2 Å². The number of guanidine groups is 1. The Morgan fingerprint density at radius 3 is 2.62 bits per heavy atom. The predicted octanol–water partition coefficient (Wildman–Crippen LogP) is 1.25. The number of hydrogen-bond donors (Lipinski definition) is 2. The molecule has 0 saturated heterocycles. The molecule has 0 spiro atoms. The lowest BCUT2D eigenvalue weighted by Crippen LogP contribution is -2.40. The van der Waals surface area contributed by atoms with Crippen LogP contribution in [0.5, 0.6) is 0 Å². The molecule has 0 fully saturated rings. The van der Waals surface area contributed by atoms with Gasteiger partial charge >= 0.3 is 0 Å². The summed E-state index contributed by atoms with van der Waals surface area (Å²) >= 11 is 0. The lowest BCUT2D eigenvalue weighted by Gasteiger charge is -2.18. The van der Waals surface area contributed by atoms with E-state index in [1.807, 2.05) is 0 Å². The van der Waals surface area contributed by atoms with Crippen molar-refractivity contribution >= 4 is 15.8 Å². The summed E-state index contributed by atoms with van der Waals surface area (Å²) in [6.45, 7) is 2.56. The smallest absolute Gasteiger partial charge is 0.191 e. The van der Waals surface area contributed by atoms with Gasteiger partial charge in [-0.3, -0.25) is 4.99 Å². The SMILES string of the molecule is CN=C(NCCOCCS(C)(=O)=O)NC(C)c1ccc(F)cc1F. The van der Waals surface area contributed by atoms with Gasteiger partial charge in [0.05, 0.1) is 25.0 Å². The summed E-state index contributed by atoms with van der Waals surface area (Å²) in [7, 11) is -1.47. The van der Waals surface area contributed by atoms with Gasteiger partial charge in [0.15, 0.2) is 5.96 Å². The minimum Gasteiger partial charge on any atom is -0.379 e. The number of sulfone groups is 1. The molecule has 0 bridgehead atoms. The first-order chi connectivity index (χ1) is 11.2. The number of halogens is 2. The molecule has 1 atom stereocenters. The molecule has 0 amide bonds. The van der Waals surface area contributed by atoms with E-state index in [4.69, 9.17) is 4.74 Å². The van der Waals surface area contributed by atoms with Gasteiger partial charge in [0.1, 0.15) is 21.5 Å². The van der Waals surface area contributed by atoms with E-state index in [0.717, 1.165) is 12.3 Å². The summed E-state index contributed by atoms with van der Waals surface area (Å²) in [5, 5.41) is 5.95. The minimum atomic E-state index is -3.03. The molecule has 136 valence electrons. The Labute approximate surface area is 141 Å². The van der Waals surface area contributed by atoms with Crippen molar-refractivity contribution in [2.24, 2.45) is 4.99 Å². The zero-order valence-electron chi connectivity index (χ0n) is 14.0. The quantitative estimate of drug-likeness (QED) is 0.413. The first kappa shape index (κ1) is 20.3. The second-order valence-electron chi connectivity index (χ2n) is 5.27. The number of hydrogen-bond acceptors (Lipinski definition) is 4. The van der Waals surface area contributed by atoms with E-state index in [9.17, 15) is 17.2 Å². The first-order valence-electron chi connectivity index (χ1n) is 7.40. The van der Waals surface area contributed by atoms with Crippen LogP contribution in [0.3, 0.4) is 0 Å². The summed E-state index contributed by atoms with van der Waals surface area (Å²) in [6.07, 6.45) is 1.15. The van der Waals surface area contributed by atoms with Gasteiger partial charge < -0.3 is 15.4 Å². The highest BCUT2D eigenvalue weighted by molar-refractivity contribution is 7.90. The Morgan fingerprint density at radius 1 is 1.33 bits per heavy atom. The van der Waals surface area contributed by atoms with Crippen molar-refractivity contribution < 1.29 is 21.9 Å². The van der Waals surface area contributed by atoms with Crippen LogP contribution < -0.4 is 10.6 Å². The normalized spacial score (nSPS) is 13.6. The summed E-state index contributed by atoms with van der Waals surface area (Å²) in [6, 6.07) is 2.99. The van der Waals surface area contributed by atoms with Crippen molar-refractivity contribution in [3.05, 3.63) is 35.4 Å². The third-order valence-electron chi connectivity index (χ3n) is 3.14. The predicted molar refractivity (Wildman–Crippen MR) is 89.8 cm³/mol. The highest BCUT2D eigenvalue weighted by Gasteiger charge is 2.13. The number of aliphatic imine (C=N–C) groups is 1. The Balaban J connectivity index is 2.39. The van der Waals surface area contributed by atoms with Crippen molar-refractivity contribution in [2.45, 2.75) is 13.0 Å². The molecule has 6 nitrogen and oxygen atoms in total. The molecule has 0 aliphatic carbocycles. The van der Waals surface area contributed by atoms with Gasteiger partial charge in [-0.05, 0) is 13.0 Å². The van der Waals surface area contributed by atoms with E-state index in [1.165, 1.54) is 12.1 Å². The second kappa shape index (κ2) is 9.53. The van der Waals surface area contributed by atoms with Crippen molar-refractivity contribution in [3.8, 4) is 0 Å². The zero-order chi connectivity index (χ0) is 18.2. The Morgan fingerprint density at radius 2 is 2.04 bits per heavy atom. The van der Waals surface area contributed by atoms with E-state index >= 15 is 0 Å². The molecule has 0 radical (unpaired) electrons. The van der Waals surface area contributed by atoms with Crippen LogP contribution in [-0.2, 0) is 14.6 Å². The molecule has 2 N–H and O–H groups in total. The minimum absolute atomic E-state index is 0.0269. The molecular formula is C15H23F2N3O3S. The molecule has 1 aromatic rings. The van der Waals surface area contributed by atoms with E-state index in [1.54, 1.807) is 14.0 Å². The van der Waals surface area contributed by atoms with Gasteiger partial charge in [-0.1, -0.05) is 6.07 Å². The molecule has 1 rings (SSSR count). The lowest BCUT2D eigenvalue weighted by molar-refractivity contribution is 0.154. The number of benzene rings is 1. The highest BCUT2D eigenvalue weighted by Crippen LogP contribution is 2.17. The summed E-state index contributed by atoms with van der Waals surface area (Å²) < 4.78 is 53.8. The molecular weight excluding hydrogens is 340 g/mol. The Hall–Kier alpha value is -1.74. The number of nitrogens with zero attached hydrogens (tertiary/aromatic N) is 1. The average molecular weight is 363 g/mol. The maximum atomic E-state index is 13.7. The molecule has 1 unspecified atom stereocenters. The molecule has 24 heavy (non-hydrogen) atoms. The van der Waals surface area contributed by atoms with Gasteiger partial charge in [0, 0.05) is 31.5 Å². The lowest BCUT2D eigenvalue weighted by atomic mass is 10.1. The third-order valence-corrected chi connectivity index (χ3v) is 4.05. The standard InChI is InChI=1S/C15H23F2N3O3S/c1-11(13-5-4-12(16)10-14(13)17)20-15(18-2)19-6-7-23-8-9-24(3,21)22/h4-5,10-11H,6-9H2,1-3H3,(H2,18,19,20). The third kappa shape index (κ3) is 7.69. The van der Waals surface area contributed by atoms with Crippen LogP contribution in [0.25, 0.3) is 0 Å². The van der Waals surface area contributed by atoms with Crippen molar-refractivity contribution in [1.29, 1.82) is 0 Å². The molecule has 0 saturated carbocycles. The van der Waals surface area contributed by atoms with E-state index in [2.05, 4.69) is 15.6 Å². The maximum Gasteiger partial charge on any atom is 0.191 e. The van der Waals surface area contributed by atoms with Gasteiger partial charge in [-0.25, -0.2) is 17.2 Å². The summed E-state index contributed by atoms with van der Waals surface area (Å²) in [5.74, 6) is -0.856. The average Bonchev–Trinajstić information content (AvgIpc) is 2.48. The van der Waals surface area contributed by atoms with Gasteiger partial charge in [-0.2, -0.15) is 0 Å².